The zero-order valence-electron chi connectivity index (χ0n) is 8.67. The SMILES string of the molecule is N#Cc1cnn(CCO)c1-c1ccccc1. The first-order chi connectivity index (χ1) is 7.86. The molecule has 80 valence electrons. The molecule has 2 aromatic rings. The maximum atomic E-state index is 9.00. The first-order valence-corrected chi connectivity index (χ1v) is 4.99. The summed E-state index contributed by atoms with van der Waals surface area (Å²) in [6.07, 6.45) is 1.53. The molecule has 2 rings (SSSR count). The summed E-state index contributed by atoms with van der Waals surface area (Å²) in [7, 11) is 0. The molecule has 1 heterocycles. The number of hydrogen-bond donors (Lipinski definition) is 1. The van der Waals surface area contributed by atoms with E-state index in [1.165, 1.54) is 6.20 Å². The van der Waals surface area contributed by atoms with Crippen molar-refractivity contribution < 1.29 is 5.11 Å². The maximum Gasteiger partial charge on any atom is 0.103 e. The van der Waals surface area contributed by atoms with Crippen LogP contribution in [0.2, 0.25) is 0 Å². The minimum Gasteiger partial charge on any atom is -0.394 e. The van der Waals surface area contributed by atoms with Crippen molar-refractivity contribution >= 4 is 0 Å². The molecule has 1 aromatic carbocycles. The maximum absolute atomic E-state index is 9.00. The highest BCUT2D eigenvalue weighted by molar-refractivity contribution is 5.66. The number of benzene rings is 1. The van der Waals surface area contributed by atoms with Crippen LogP contribution in [0.3, 0.4) is 0 Å². The summed E-state index contributed by atoms with van der Waals surface area (Å²) in [6, 6.07) is 11.7. The van der Waals surface area contributed by atoms with E-state index in [1.54, 1.807) is 4.68 Å². The lowest BCUT2D eigenvalue weighted by atomic mass is 10.1. The normalized spacial score (nSPS) is 10.0. The number of aromatic nitrogens is 2. The summed E-state index contributed by atoms with van der Waals surface area (Å²) in [5, 5.41) is 22.0. The summed E-state index contributed by atoms with van der Waals surface area (Å²) >= 11 is 0. The molecule has 0 fully saturated rings. The van der Waals surface area contributed by atoms with Crippen LogP contribution < -0.4 is 0 Å². The van der Waals surface area contributed by atoms with Crippen molar-refractivity contribution in [2.75, 3.05) is 6.61 Å². The van der Waals surface area contributed by atoms with Crippen molar-refractivity contribution in [3.05, 3.63) is 42.1 Å². The van der Waals surface area contributed by atoms with Gasteiger partial charge >= 0.3 is 0 Å². The third-order valence-corrected chi connectivity index (χ3v) is 2.32. The molecule has 0 unspecified atom stereocenters. The lowest BCUT2D eigenvalue weighted by molar-refractivity contribution is 0.270. The molecule has 0 radical (unpaired) electrons. The largest absolute Gasteiger partial charge is 0.394 e. The molecule has 4 heteroatoms. The van der Waals surface area contributed by atoms with Gasteiger partial charge in [0.05, 0.1) is 30.6 Å². The predicted octanol–water partition coefficient (Wildman–Crippen LogP) is 1.41. The number of nitrogens with zero attached hydrogens (tertiary/aromatic N) is 3. The third kappa shape index (κ3) is 1.81. The molecular formula is C12H11N3O. The first-order valence-electron chi connectivity index (χ1n) is 4.99. The van der Waals surface area contributed by atoms with Gasteiger partial charge in [-0.25, -0.2) is 0 Å². The van der Waals surface area contributed by atoms with Gasteiger partial charge in [0.25, 0.3) is 0 Å². The molecule has 1 N–H and O–H groups in total. The highest BCUT2D eigenvalue weighted by atomic mass is 16.3. The van der Waals surface area contributed by atoms with E-state index in [0.29, 0.717) is 12.1 Å². The van der Waals surface area contributed by atoms with Gasteiger partial charge in [-0.3, -0.25) is 4.68 Å². The van der Waals surface area contributed by atoms with Crippen molar-refractivity contribution in [1.82, 2.24) is 9.78 Å². The Morgan fingerprint density at radius 2 is 2.06 bits per heavy atom. The van der Waals surface area contributed by atoms with Gasteiger partial charge in [-0.05, 0) is 0 Å². The van der Waals surface area contributed by atoms with Crippen molar-refractivity contribution in [2.24, 2.45) is 0 Å². The van der Waals surface area contributed by atoms with E-state index in [2.05, 4.69) is 11.2 Å². The van der Waals surface area contributed by atoms with Gasteiger partial charge in [0.15, 0.2) is 0 Å². The second-order valence-electron chi connectivity index (χ2n) is 3.33. The Kier molecular flexibility index (Phi) is 2.99. The summed E-state index contributed by atoms with van der Waals surface area (Å²) in [4.78, 5) is 0. The Balaban J connectivity index is 2.54. The molecule has 0 spiro atoms. The summed E-state index contributed by atoms with van der Waals surface area (Å²) in [5.74, 6) is 0. The second-order valence-corrected chi connectivity index (χ2v) is 3.33. The Morgan fingerprint density at radius 1 is 1.31 bits per heavy atom. The van der Waals surface area contributed by atoms with Crippen LogP contribution in [0.5, 0.6) is 0 Å². The minimum atomic E-state index is 0.00633. The van der Waals surface area contributed by atoms with E-state index in [-0.39, 0.29) is 6.61 Å². The van der Waals surface area contributed by atoms with Gasteiger partial charge in [-0.15, -0.1) is 0 Å². The van der Waals surface area contributed by atoms with Crippen LogP contribution in [-0.2, 0) is 6.54 Å². The molecule has 0 aliphatic rings. The Bertz CT molecular complexity index is 511. The second kappa shape index (κ2) is 4.60. The smallest absolute Gasteiger partial charge is 0.103 e. The van der Waals surface area contributed by atoms with Crippen LogP contribution in [0.1, 0.15) is 5.56 Å². The summed E-state index contributed by atoms with van der Waals surface area (Å²) in [5.41, 5.74) is 2.22. The highest BCUT2D eigenvalue weighted by Gasteiger charge is 2.11. The lowest BCUT2D eigenvalue weighted by Crippen LogP contribution is -2.05. The van der Waals surface area contributed by atoms with Crippen molar-refractivity contribution in [1.29, 1.82) is 5.26 Å². The van der Waals surface area contributed by atoms with E-state index < -0.39 is 0 Å². The van der Waals surface area contributed by atoms with E-state index in [4.69, 9.17) is 10.4 Å². The number of nitriles is 1. The Morgan fingerprint density at radius 3 is 2.69 bits per heavy atom. The Labute approximate surface area is 93.4 Å². The number of hydrogen-bond acceptors (Lipinski definition) is 3. The van der Waals surface area contributed by atoms with Crippen LogP contribution in [-0.4, -0.2) is 21.5 Å². The molecule has 0 saturated heterocycles. The molecule has 0 aliphatic heterocycles. The third-order valence-electron chi connectivity index (χ3n) is 2.32. The molecule has 0 saturated carbocycles. The van der Waals surface area contributed by atoms with Gasteiger partial charge in [0.1, 0.15) is 6.07 Å². The van der Waals surface area contributed by atoms with Crippen LogP contribution in [0, 0.1) is 11.3 Å². The summed E-state index contributed by atoms with van der Waals surface area (Å²) < 4.78 is 1.65. The number of rotatable bonds is 3. The molecule has 0 atom stereocenters. The van der Waals surface area contributed by atoms with E-state index >= 15 is 0 Å². The predicted molar refractivity (Wildman–Crippen MR) is 59.5 cm³/mol. The molecule has 1 aromatic heterocycles. The van der Waals surface area contributed by atoms with Crippen molar-refractivity contribution in [3.63, 3.8) is 0 Å². The molecule has 4 nitrogen and oxygen atoms in total. The van der Waals surface area contributed by atoms with Gasteiger partial charge < -0.3 is 5.11 Å². The van der Waals surface area contributed by atoms with E-state index in [9.17, 15) is 0 Å². The number of aliphatic hydroxyl groups excluding tert-OH is 1. The average molecular weight is 213 g/mol. The van der Waals surface area contributed by atoms with Crippen molar-refractivity contribution in [2.45, 2.75) is 6.54 Å². The van der Waals surface area contributed by atoms with Gasteiger partial charge in [-0.1, -0.05) is 30.3 Å². The van der Waals surface area contributed by atoms with Crippen LogP contribution in [0.4, 0.5) is 0 Å². The zero-order valence-corrected chi connectivity index (χ0v) is 8.67. The fourth-order valence-electron chi connectivity index (χ4n) is 1.63. The zero-order chi connectivity index (χ0) is 11.4. The quantitative estimate of drug-likeness (QED) is 0.838. The lowest BCUT2D eigenvalue weighted by Gasteiger charge is -2.05. The van der Waals surface area contributed by atoms with Gasteiger partial charge in [0.2, 0.25) is 0 Å². The van der Waals surface area contributed by atoms with E-state index in [0.717, 1.165) is 11.3 Å². The van der Waals surface area contributed by atoms with Gasteiger partial charge in [0, 0.05) is 5.56 Å². The van der Waals surface area contributed by atoms with Crippen LogP contribution >= 0.6 is 0 Å². The fraction of sp³-hybridized carbons (Fsp3) is 0.167. The average Bonchev–Trinajstić information content (AvgIpc) is 2.74. The first kappa shape index (κ1) is 10.4. The number of aliphatic hydroxyl groups is 1. The topological polar surface area (TPSA) is 61.8 Å². The standard InChI is InChI=1S/C12H11N3O/c13-8-11-9-14-15(6-7-16)12(11)10-4-2-1-3-5-10/h1-5,9,16H,6-7H2. The monoisotopic (exact) mass is 213 g/mol. The molecular weight excluding hydrogens is 202 g/mol. The molecule has 0 bridgehead atoms. The minimum absolute atomic E-state index is 0.00633. The van der Waals surface area contributed by atoms with Crippen LogP contribution in [0.15, 0.2) is 36.5 Å². The van der Waals surface area contributed by atoms with Crippen LogP contribution in [0.25, 0.3) is 11.3 Å². The molecule has 0 amide bonds. The fourth-order valence-corrected chi connectivity index (χ4v) is 1.63. The van der Waals surface area contributed by atoms with Crippen molar-refractivity contribution in [3.8, 4) is 17.3 Å². The van der Waals surface area contributed by atoms with Gasteiger partial charge in [-0.2, -0.15) is 10.4 Å². The Hall–Kier alpha value is -2.12. The molecule has 0 aliphatic carbocycles. The summed E-state index contributed by atoms with van der Waals surface area (Å²) in [6.45, 7) is 0.401. The molecule has 16 heavy (non-hydrogen) atoms. The highest BCUT2D eigenvalue weighted by Crippen LogP contribution is 2.22. The van der Waals surface area contributed by atoms with E-state index in [1.807, 2.05) is 30.3 Å².